The number of nitrogens with two attached hydrogens (primary N) is 1. The van der Waals surface area contributed by atoms with E-state index >= 15 is 0 Å². The van der Waals surface area contributed by atoms with E-state index in [1.807, 2.05) is 20.8 Å². The molecule has 0 saturated carbocycles. The van der Waals surface area contributed by atoms with Gasteiger partial charge in [-0.05, 0) is 28.3 Å². The quantitative estimate of drug-likeness (QED) is 0.632. The summed E-state index contributed by atoms with van der Waals surface area (Å²) in [5.74, 6) is 0. The first-order valence-electron chi connectivity index (χ1n) is 4.01. The van der Waals surface area contributed by atoms with Crippen molar-refractivity contribution in [2.75, 3.05) is 5.73 Å². The maximum absolute atomic E-state index is 5.61. The maximum atomic E-state index is 5.61. The summed E-state index contributed by atoms with van der Waals surface area (Å²) in [7, 11) is 0. The van der Waals surface area contributed by atoms with Gasteiger partial charge >= 0.3 is 4.96 Å². The highest BCUT2D eigenvalue weighted by atomic mass is 32.1. The topological polar surface area (TPSA) is 55.9 Å². The summed E-state index contributed by atoms with van der Waals surface area (Å²) in [4.78, 5) is 5.26. The van der Waals surface area contributed by atoms with E-state index in [2.05, 4.69) is 10.1 Å². The third-order valence-corrected chi connectivity index (χ3v) is 2.98. The third kappa shape index (κ3) is 1.16. The molecule has 13 heavy (non-hydrogen) atoms. The summed E-state index contributed by atoms with van der Waals surface area (Å²) in [5, 5.41) is 4.72. The molecule has 0 aliphatic heterocycles. The van der Waals surface area contributed by atoms with E-state index in [1.54, 1.807) is 4.52 Å². The largest absolute Gasteiger partial charge is 0.411 e. The van der Waals surface area contributed by atoms with Crippen molar-refractivity contribution in [2.45, 2.75) is 20.8 Å². The van der Waals surface area contributed by atoms with Gasteiger partial charge in [0.25, 0.3) is 0 Å². The van der Waals surface area contributed by atoms with Gasteiger partial charge in [-0.25, -0.2) is 0 Å². The van der Waals surface area contributed by atoms with Crippen molar-refractivity contribution in [3.8, 4) is 0 Å². The highest BCUT2D eigenvalue weighted by Crippen LogP contribution is 2.13. The number of aryl methyl sites for hydroxylation is 2. The Bertz CT molecular complexity index is 474. The van der Waals surface area contributed by atoms with Gasteiger partial charge in [-0.15, -0.1) is 0 Å². The Kier molecular flexibility index (Phi) is 1.69. The zero-order valence-corrected chi connectivity index (χ0v) is 8.64. The van der Waals surface area contributed by atoms with Crippen molar-refractivity contribution in [1.29, 1.82) is 0 Å². The van der Waals surface area contributed by atoms with Crippen molar-refractivity contribution in [2.24, 2.45) is 0 Å². The minimum absolute atomic E-state index is 0.556. The van der Waals surface area contributed by atoms with Crippen LogP contribution in [0.2, 0.25) is 0 Å². The Morgan fingerprint density at radius 3 is 2.69 bits per heavy atom. The molecule has 0 amide bonds. The summed E-state index contributed by atoms with van der Waals surface area (Å²) < 4.78 is 1.79. The van der Waals surface area contributed by atoms with E-state index in [4.69, 9.17) is 5.73 Å². The van der Waals surface area contributed by atoms with Gasteiger partial charge in [-0.2, -0.15) is 0 Å². The second-order valence-corrected chi connectivity index (χ2v) is 4.03. The van der Waals surface area contributed by atoms with Crippen molar-refractivity contribution >= 4 is 21.4 Å². The van der Waals surface area contributed by atoms with Gasteiger partial charge in [0.1, 0.15) is 5.69 Å². The molecule has 0 radical (unpaired) electrons. The molecule has 2 aromatic rings. The average Bonchev–Trinajstić information content (AvgIpc) is 2.42. The zero-order chi connectivity index (χ0) is 9.59. The molecule has 2 N–H and O–H groups in total. The molecule has 0 atom stereocenters. The Hall–Kier alpha value is -1.23. The van der Waals surface area contributed by atoms with Crippen LogP contribution < -0.4 is 10.2 Å². The number of hydrogen-bond acceptors (Lipinski definition) is 4. The summed E-state index contributed by atoms with van der Waals surface area (Å²) >= 11 is 1.41. The molecule has 0 aliphatic rings. The summed E-state index contributed by atoms with van der Waals surface area (Å²) in [5.41, 5.74) is 8.93. The number of hydrogen-bond donors (Lipinski definition) is 1. The maximum Gasteiger partial charge on any atom is 0.411 e. The molecule has 0 bridgehead atoms. The first-order chi connectivity index (χ1) is 6.09. The molecular weight excluding hydrogens is 184 g/mol. The number of nitrogens with zero attached hydrogens (tertiary/aromatic N) is 3. The second kappa shape index (κ2) is 2.63. The van der Waals surface area contributed by atoms with Crippen LogP contribution >= 0.6 is 11.3 Å². The predicted molar refractivity (Wildman–Crippen MR) is 51.7 cm³/mol. The fourth-order valence-corrected chi connectivity index (χ4v) is 1.99. The van der Waals surface area contributed by atoms with Gasteiger partial charge in [0, 0.05) is 19.4 Å². The average molecular weight is 195 g/mol. The Morgan fingerprint density at radius 1 is 1.31 bits per heavy atom. The number of anilines is 1. The molecule has 2 rings (SSSR count). The first-order valence-corrected chi connectivity index (χ1v) is 4.83. The van der Waals surface area contributed by atoms with Crippen molar-refractivity contribution in [3.05, 3.63) is 17.0 Å². The van der Waals surface area contributed by atoms with Crippen molar-refractivity contribution in [1.82, 2.24) is 10.1 Å². The van der Waals surface area contributed by atoms with Gasteiger partial charge in [0.15, 0.2) is 5.69 Å². The van der Waals surface area contributed by atoms with Crippen LogP contribution in [0, 0.1) is 20.8 Å². The number of nitrogen functional groups attached to an aromatic ring is 1. The van der Waals surface area contributed by atoms with Crippen molar-refractivity contribution < 1.29 is 4.52 Å². The fraction of sp³-hybridized carbons (Fsp3) is 0.375. The Morgan fingerprint density at radius 2 is 2.00 bits per heavy atom. The van der Waals surface area contributed by atoms with Gasteiger partial charge in [-0.1, -0.05) is 4.52 Å². The van der Waals surface area contributed by atoms with E-state index in [9.17, 15) is 0 Å². The van der Waals surface area contributed by atoms with Crippen LogP contribution in [-0.4, -0.2) is 10.1 Å². The fourth-order valence-electron chi connectivity index (χ4n) is 1.24. The number of fused-ring (bicyclic) bond motifs is 1. The summed E-state index contributed by atoms with van der Waals surface area (Å²) in [6, 6.07) is 0. The highest BCUT2D eigenvalue weighted by Gasteiger charge is 2.17. The molecule has 0 aromatic carbocycles. The lowest BCUT2D eigenvalue weighted by molar-refractivity contribution is -0.584. The molecule has 0 saturated heterocycles. The smallest absolute Gasteiger partial charge is 0.372 e. The first kappa shape index (κ1) is 8.37. The lowest BCUT2D eigenvalue weighted by atomic mass is 10.2. The van der Waals surface area contributed by atoms with Crippen LogP contribution in [0.4, 0.5) is 5.13 Å². The molecule has 5 heteroatoms. The minimum Gasteiger partial charge on any atom is -0.372 e. The molecular formula is C8H11N4S+. The normalized spacial score (nSPS) is 11.0. The highest BCUT2D eigenvalue weighted by molar-refractivity contribution is 7.19. The minimum atomic E-state index is 0.556. The second-order valence-electron chi connectivity index (χ2n) is 3.04. The van der Waals surface area contributed by atoms with Gasteiger partial charge in [0.2, 0.25) is 5.13 Å². The van der Waals surface area contributed by atoms with Gasteiger partial charge < -0.3 is 5.73 Å². The molecule has 0 aliphatic carbocycles. The van der Waals surface area contributed by atoms with Crippen molar-refractivity contribution in [3.63, 3.8) is 0 Å². The molecule has 0 fully saturated rings. The van der Waals surface area contributed by atoms with E-state index in [0.717, 1.165) is 16.3 Å². The van der Waals surface area contributed by atoms with E-state index in [0.29, 0.717) is 5.13 Å². The van der Waals surface area contributed by atoms with Gasteiger partial charge in [-0.3, -0.25) is 0 Å². The Labute approximate surface area is 80.0 Å². The van der Waals surface area contributed by atoms with Gasteiger partial charge in [0.05, 0.1) is 0 Å². The van der Waals surface area contributed by atoms with E-state index < -0.39 is 0 Å². The lowest BCUT2D eigenvalue weighted by Crippen LogP contribution is -2.29. The molecule has 0 unspecified atom stereocenters. The molecule has 68 valence electrons. The SMILES string of the molecule is Cc1nc2sc(N)n[n+]2c(C)c1C. The van der Waals surface area contributed by atoms with Crippen LogP contribution in [0.25, 0.3) is 4.96 Å². The summed E-state index contributed by atoms with van der Waals surface area (Å²) in [6.45, 7) is 6.06. The van der Waals surface area contributed by atoms with Crippen LogP contribution in [0.3, 0.4) is 0 Å². The number of aromatic nitrogens is 3. The third-order valence-electron chi connectivity index (χ3n) is 2.24. The van der Waals surface area contributed by atoms with Crippen LogP contribution in [0.5, 0.6) is 0 Å². The standard InChI is InChI=1S/C8H11N4S/c1-4-5(2)10-8-12(6(4)3)11-7(9)13-8/h1-3H3,(H2,9,11)/q+1. The number of rotatable bonds is 0. The monoisotopic (exact) mass is 195 g/mol. The van der Waals surface area contributed by atoms with Crippen LogP contribution in [0.1, 0.15) is 17.0 Å². The van der Waals surface area contributed by atoms with Crippen LogP contribution in [0.15, 0.2) is 0 Å². The Balaban J connectivity index is 2.92. The zero-order valence-electron chi connectivity index (χ0n) is 7.83. The summed E-state index contributed by atoms with van der Waals surface area (Å²) in [6.07, 6.45) is 0. The van der Waals surface area contributed by atoms with E-state index in [-0.39, 0.29) is 0 Å². The molecule has 4 nitrogen and oxygen atoms in total. The predicted octanol–water partition coefficient (Wildman–Crippen LogP) is 0.784. The molecule has 0 spiro atoms. The van der Waals surface area contributed by atoms with E-state index in [1.165, 1.54) is 16.9 Å². The lowest BCUT2D eigenvalue weighted by Gasteiger charge is -1.94. The molecule has 2 heterocycles. The van der Waals surface area contributed by atoms with Crippen LogP contribution in [-0.2, 0) is 0 Å². The molecule has 2 aromatic heterocycles.